The standard InChI is InChI=1S/C10H18N2O2S2/c1-7(13)11(15)9-5-3-4-6-10(9)12(16)8(2)14/h9-10,15-16H,3-6H2,1-2H3. The molecule has 92 valence electrons. The van der Waals surface area contributed by atoms with Crippen molar-refractivity contribution in [1.29, 1.82) is 0 Å². The van der Waals surface area contributed by atoms with Crippen molar-refractivity contribution >= 4 is 37.4 Å². The van der Waals surface area contributed by atoms with E-state index in [9.17, 15) is 9.59 Å². The van der Waals surface area contributed by atoms with E-state index >= 15 is 0 Å². The molecule has 0 aliphatic heterocycles. The van der Waals surface area contributed by atoms with Crippen molar-refractivity contribution in [3.63, 3.8) is 0 Å². The number of amides is 2. The SMILES string of the molecule is CC(=O)N(S)C1CCCCC1N(S)C(C)=O. The van der Waals surface area contributed by atoms with Gasteiger partial charge in [0.05, 0.1) is 12.1 Å². The lowest BCUT2D eigenvalue weighted by Crippen LogP contribution is -2.50. The van der Waals surface area contributed by atoms with Gasteiger partial charge in [0.1, 0.15) is 0 Å². The van der Waals surface area contributed by atoms with Gasteiger partial charge in [-0.2, -0.15) is 0 Å². The van der Waals surface area contributed by atoms with Crippen molar-refractivity contribution in [2.45, 2.75) is 51.6 Å². The predicted molar refractivity (Wildman–Crippen MR) is 69.1 cm³/mol. The lowest BCUT2D eigenvalue weighted by molar-refractivity contribution is -0.130. The van der Waals surface area contributed by atoms with E-state index in [0.717, 1.165) is 25.7 Å². The largest absolute Gasteiger partial charge is 0.284 e. The van der Waals surface area contributed by atoms with Crippen LogP contribution in [0.5, 0.6) is 0 Å². The molecule has 2 unspecified atom stereocenters. The van der Waals surface area contributed by atoms with Gasteiger partial charge in [-0.3, -0.25) is 18.2 Å². The normalized spacial score (nSPS) is 25.0. The van der Waals surface area contributed by atoms with Gasteiger partial charge in [-0.25, -0.2) is 0 Å². The second-order valence-corrected chi connectivity index (χ2v) is 5.01. The monoisotopic (exact) mass is 262 g/mol. The molecule has 1 aliphatic rings. The summed E-state index contributed by atoms with van der Waals surface area (Å²) in [7, 11) is 0. The molecule has 1 fully saturated rings. The summed E-state index contributed by atoms with van der Waals surface area (Å²) >= 11 is 8.40. The minimum absolute atomic E-state index is 0.0315. The molecule has 16 heavy (non-hydrogen) atoms. The van der Waals surface area contributed by atoms with Crippen molar-refractivity contribution in [2.24, 2.45) is 0 Å². The Kier molecular flexibility index (Phi) is 4.98. The van der Waals surface area contributed by atoms with Gasteiger partial charge >= 0.3 is 0 Å². The fraction of sp³-hybridized carbons (Fsp3) is 0.800. The molecular weight excluding hydrogens is 244 g/mol. The minimum Gasteiger partial charge on any atom is -0.284 e. The van der Waals surface area contributed by atoms with E-state index in [4.69, 9.17) is 0 Å². The first-order valence-corrected chi connectivity index (χ1v) is 6.22. The van der Waals surface area contributed by atoms with Crippen LogP contribution in [0.2, 0.25) is 0 Å². The lowest BCUT2D eigenvalue weighted by Gasteiger charge is -2.40. The minimum atomic E-state index is -0.0921. The Morgan fingerprint density at radius 2 is 1.25 bits per heavy atom. The first-order valence-electron chi connectivity index (χ1n) is 5.42. The highest BCUT2D eigenvalue weighted by atomic mass is 32.1. The van der Waals surface area contributed by atoms with Gasteiger partial charge in [0, 0.05) is 13.8 Å². The summed E-state index contributed by atoms with van der Waals surface area (Å²) in [6, 6.07) is -0.0630. The molecule has 0 radical (unpaired) electrons. The topological polar surface area (TPSA) is 40.6 Å². The Bertz CT molecular complexity index is 258. The Hall–Kier alpha value is -0.360. The fourth-order valence-corrected chi connectivity index (χ4v) is 2.67. The van der Waals surface area contributed by atoms with Gasteiger partial charge in [0.2, 0.25) is 11.8 Å². The highest BCUT2D eigenvalue weighted by Crippen LogP contribution is 2.29. The maximum Gasteiger partial charge on any atom is 0.229 e. The first kappa shape index (κ1) is 13.7. The van der Waals surface area contributed by atoms with Gasteiger partial charge < -0.3 is 0 Å². The van der Waals surface area contributed by atoms with E-state index in [0.29, 0.717) is 0 Å². The van der Waals surface area contributed by atoms with E-state index < -0.39 is 0 Å². The van der Waals surface area contributed by atoms with Crippen LogP contribution < -0.4 is 0 Å². The van der Waals surface area contributed by atoms with Gasteiger partial charge in [-0.1, -0.05) is 38.5 Å². The Morgan fingerprint density at radius 1 is 0.938 bits per heavy atom. The van der Waals surface area contributed by atoms with E-state index in [2.05, 4.69) is 25.6 Å². The van der Waals surface area contributed by atoms with Gasteiger partial charge in [0.25, 0.3) is 0 Å². The summed E-state index contributed by atoms with van der Waals surface area (Å²) in [4.78, 5) is 22.6. The van der Waals surface area contributed by atoms with E-state index in [1.165, 1.54) is 22.5 Å². The third-order valence-electron chi connectivity index (χ3n) is 2.97. The van der Waals surface area contributed by atoms with Crippen LogP contribution >= 0.6 is 25.6 Å². The molecule has 2 atom stereocenters. The van der Waals surface area contributed by atoms with Crippen LogP contribution in [0.4, 0.5) is 0 Å². The second-order valence-electron chi connectivity index (χ2n) is 4.15. The lowest BCUT2D eigenvalue weighted by atomic mass is 9.90. The van der Waals surface area contributed by atoms with Crippen molar-refractivity contribution in [1.82, 2.24) is 8.61 Å². The van der Waals surface area contributed by atoms with Crippen molar-refractivity contribution < 1.29 is 9.59 Å². The molecule has 0 aromatic rings. The molecule has 0 spiro atoms. The second kappa shape index (κ2) is 5.82. The maximum atomic E-state index is 11.3. The van der Waals surface area contributed by atoms with Crippen LogP contribution in [0.25, 0.3) is 0 Å². The molecule has 0 N–H and O–H groups in total. The van der Waals surface area contributed by atoms with E-state index in [1.54, 1.807) is 0 Å². The van der Waals surface area contributed by atoms with Crippen LogP contribution in [-0.2, 0) is 9.59 Å². The number of thiol groups is 2. The number of carbonyl (C=O) groups is 2. The van der Waals surface area contributed by atoms with Gasteiger partial charge in [0.15, 0.2) is 0 Å². The van der Waals surface area contributed by atoms with E-state index in [-0.39, 0.29) is 23.9 Å². The number of nitrogens with zero attached hydrogens (tertiary/aromatic N) is 2. The molecule has 1 saturated carbocycles. The summed E-state index contributed by atoms with van der Waals surface area (Å²) in [6.07, 6.45) is 3.87. The van der Waals surface area contributed by atoms with Crippen LogP contribution in [0.15, 0.2) is 0 Å². The average molecular weight is 262 g/mol. The van der Waals surface area contributed by atoms with Crippen molar-refractivity contribution in [3.8, 4) is 0 Å². The molecule has 4 nitrogen and oxygen atoms in total. The van der Waals surface area contributed by atoms with Gasteiger partial charge in [-0.05, 0) is 12.8 Å². The zero-order valence-corrected chi connectivity index (χ0v) is 11.4. The summed E-state index contributed by atoms with van der Waals surface area (Å²) in [6.45, 7) is 2.96. The Labute approximate surface area is 107 Å². The van der Waals surface area contributed by atoms with Crippen LogP contribution in [0, 0.1) is 0 Å². The first-order chi connectivity index (χ1) is 7.45. The number of rotatable bonds is 2. The third kappa shape index (κ3) is 3.07. The third-order valence-corrected chi connectivity index (χ3v) is 4.12. The highest BCUT2D eigenvalue weighted by Gasteiger charge is 2.34. The van der Waals surface area contributed by atoms with Crippen LogP contribution in [-0.4, -0.2) is 32.5 Å². The molecule has 0 aromatic carbocycles. The molecule has 6 heteroatoms. The molecule has 1 rings (SSSR count). The summed E-state index contributed by atoms with van der Waals surface area (Å²) in [5, 5.41) is 0. The molecular formula is C10H18N2O2S2. The quantitative estimate of drug-likeness (QED) is 0.744. The number of hydrogen-bond acceptors (Lipinski definition) is 4. The van der Waals surface area contributed by atoms with Crippen LogP contribution in [0.1, 0.15) is 39.5 Å². The number of hydrogen-bond donors (Lipinski definition) is 2. The molecule has 0 saturated heterocycles. The number of carbonyl (C=O) groups excluding carboxylic acids is 2. The fourth-order valence-electron chi connectivity index (χ4n) is 2.13. The summed E-state index contributed by atoms with van der Waals surface area (Å²) < 4.78 is 2.85. The Balaban J connectivity index is 2.78. The zero-order valence-electron chi connectivity index (χ0n) is 9.59. The Morgan fingerprint density at radius 3 is 1.50 bits per heavy atom. The molecule has 0 aromatic heterocycles. The molecule has 0 heterocycles. The smallest absolute Gasteiger partial charge is 0.229 e. The predicted octanol–water partition coefficient (Wildman–Crippen LogP) is 1.68. The maximum absolute atomic E-state index is 11.3. The van der Waals surface area contributed by atoms with Crippen molar-refractivity contribution in [2.75, 3.05) is 0 Å². The van der Waals surface area contributed by atoms with Gasteiger partial charge in [-0.15, -0.1) is 0 Å². The molecule has 0 bridgehead atoms. The zero-order chi connectivity index (χ0) is 12.3. The summed E-state index contributed by atoms with van der Waals surface area (Å²) in [5.41, 5.74) is 0. The molecule has 2 amide bonds. The van der Waals surface area contributed by atoms with Crippen LogP contribution in [0.3, 0.4) is 0 Å². The van der Waals surface area contributed by atoms with Crippen molar-refractivity contribution in [3.05, 3.63) is 0 Å². The van der Waals surface area contributed by atoms with E-state index in [1.807, 2.05) is 0 Å². The molecule has 1 aliphatic carbocycles. The summed E-state index contributed by atoms with van der Waals surface area (Å²) in [5.74, 6) is -0.184. The average Bonchev–Trinajstić information content (AvgIpc) is 2.26. The highest BCUT2D eigenvalue weighted by molar-refractivity contribution is 7.78.